The maximum Gasteiger partial charge on any atom is 0.269 e. The Morgan fingerprint density at radius 1 is 1.17 bits per heavy atom. The van der Waals surface area contributed by atoms with Crippen LogP contribution in [0.5, 0.6) is 5.75 Å². The van der Waals surface area contributed by atoms with E-state index in [9.17, 15) is 14.9 Å². The number of non-ortho nitro benzene ring substituents is 1. The van der Waals surface area contributed by atoms with Gasteiger partial charge in [0.2, 0.25) is 5.91 Å². The molecule has 2 aromatic rings. The summed E-state index contributed by atoms with van der Waals surface area (Å²) in [4.78, 5) is 22.0. The van der Waals surface area contributed by atoms with Crippen LogP contribution >= 0.6 is 0 Å². The molecule has 0 radical (unpaired) electrons. The standard InChI is InChI=1S/C17H18N2O4/c1-12-3-4-13(2)16(11-12)18-17(20)9-10-23-15-7-5-14(6-8-15)19(21)22/h3-8,11H,9-10H2,1-2H3,(H,18,20). The van der Waals surface area contributed by atoms with Crippen LogP contribution in [0.3, 0.4) is 0 Å². The Morgan fingerprint density at radius 3 is 2.52 bits per heavy atom. The molecular formula is C17H18N2O4. The van der Waals surface area contributed by atoms with Crippen molar-refractivity contribution in [2.75, 3.05) is 11.9 Å². The SMILES string of the molecule is Cc1ccc(C)c(NC(=O)CCOc2ccc([N+](=O)[O-])cc2)c1. The first-order chi connectivity index (χ1) is 11.0. The summed E-state index contributed by atoms with van der Waals surface area (Å²) in [6, 6.07) is 11.6. The van der Waals surface area contributed by atoms with E-state index >= 15 is 0 Å². The highest BCUT2D eigenvalue weighted by atomic mass is 16.6. The Balaban J connectivity index is 1.82. The molecule has 120 valence electrons. The maximum atomic E-state index is 11.9. The van der Waals surface area contributed by atoms with Gasteiger partial charge in [0.05, 0.1) is 18.0 Å². The van der Waals surface area contributed by atoms with E-state index in [-0.39, 0.29) is 24.6 Å². The zero-order valence-corrected chi connectivity index (χ0v) is 13.0. The van der Waals surface area contributed by atoms with E-state index in [0.29, 0.717) is 5.75 Å². The van der Waals surface area contributed by atoms with Gasteiger partial charge < -0.3 is 10.1 Å². The molecule has 2 rings (SSSR count). The van der Waals surface area contributed by atoms with E-state index in [2.05, 4.69) is 5.32 Å². The summed E-state index contributed by atoms with van der Waals surface area (Å²) in [5, 5.41) is 13.4. The van der Waals surface area contributed by atoms with Crippen LogP contribution < -0.4 is 10.1 Å². The second-order valence-electron chi connectivity index (χ2n) is 5.22. The van der Waals surface area contributed by atoms with Crippen LogP contribution in [0.15, 0.2) is 42.5 Å². The molecule has 0 aliphatic carbocycles. The number of amides is 1. The molecule has 6 heteroatoms. The lowest BCUT2D eigenvalue weighted by Crippen LogP contribution is -2.16. The van der Waals surface area contributed by atoms with E-state index < -0.39 is 4.92 Å². The fraction of sp³-hybridized carbons (Fsp3) is 0.235. The van der Waals surface area contributed by atoms with Gasteiger partial charge in [0.25, 0.3) is 5.69 Å². The highest BCUT2D eigenvalue weighted by Gasteiger charge is 2.07. The highest BCUT2D eigenvalue weighted by Crippen LogP contribution is 2.18. The molecule has 6 nitrogen and oxygen atoms in total. The third kappa shape index (κ3) is 4.81. The first-order valence-corrected chi connectivity index (χ1v) is 7.20. The number of ether oxygens (including phenoxy) is 1. The topological polar surface area (TPSA) is 81.5 Å². The minimum absolute atomic E-state index is 0.00464. The number of carbonyl (C=O) groups excluding carboxylic acids is 1. The summed E-state index contributed by atoms with van der Waals surface area (Å²) in [5.74, 6) is 0.357. The predicted molar refractivity (Wildman–Crippen MR) is 87.8 cm³/mol. The number of nitro benzene ring substituents is 1. The lowest BCUT2D eigenvalue weighted by Gasteiger charge is -2.10. The number of nitrogens with one attached hydrogen (secondary N) is 1. The molecule has 0 heterocycles. The van der Waals surface area contributed by atoms with Gasteiger partial charge in [-0.1, -0.05) is 12.1 Å². The molecule has 0 bridgehead atoms. The third-order valence-corrected chi connectivity index (χ3v) is 3.31. The van der Waals surface area contributed by atoms with Gasteiger partial charge in [-0.2, -0.15) is 0 Å². The quantitative estimate of drug-likeness (QED) is 0.652. The molecule has 0 aliphatic rings. The number of nitro groups is 1. The molecule has 1 N–H and O–H groups in total. The number of anilines is 1. The van der Waals surface area contributed by atoms with Crippen molar-refractivity contribution in [1.82, 2.24) is 0 Å². The second-order valence-corrected chi connectivity index (χ2v) is 5.22. The van der Waals surface area contributed by atoms with Gasteiger partial charge in [-0.05, 0) is 43.2 Å². The van der Waals surface area contributed by atoms with Crippen molar-refractivity contribution >= 4 is 17.3 Å². The lowest BCUT2D eigenvalue weighted by molar-refractivity contribution is -0.384. The van der Waals surface area contributed by atoms with Crippen molar-refractivity contribution in [3.63, 3.8) is 0 Å². The van der Waals surface area contributed by atoms with Gasteiger partial charge >= 0.3 is 0 Å². The molecule has 0 unspecified atom stereocenters. The van der Waals surface area contributed by atoms with Crippen LogP contribution in [0.4, 0.5) is 11.4 Å². The first kappa shape index (κ1) is 16.5. The number of aryl methyl sites for hydroxylation is 2. The molecule has 0 saturated heterocycles. The Labute approximate surface area is 134 Å². The summed E-state index contributed by atoms with van der Waals surface area (Å²) in [5.41, 5.74) is 2.88. The number of rotatable bonds is 6. The van der Waals surface area contributed by atoms with Crippen LogP contribution in [0.2, 0.25) is 0 Å². The zero-order valence-electron chi connectivity index (χ0n) is 13.0. The van der Waals surface area contributed by atoms with E-state index in [1.807, 2.05) is 32.0 Å². The summed E-state index contributed by atoms with van der Waals surface area (Å²) in [6.07, 6.45) is 0.199. The van der Waals surface area contributed by atoms with E-state index in [1.54, 1.807) is 0 Å². The lowest BCUT2D eigenvalue weighted by atomic mass is 10.1. The molecule has 0 saturated carbocycles. The van der Waals surface area contributed by atoms with Crippen molar-refractivity contribution < 1.29 is 14.5 Å². The van der Waals surface area contributed by atoms with Crippen molar-refractivity contribution in [3.8, 4) is 5.75 Å². The van der Waals surface area contributed by atoms with Crippen molar-refractivity contribution in [1.29, 1.82) is 0 Å². The molecule has 0 aliphatic heterocycles. The maximum absolute atomic E-state index is 11.9. The minimum atomic E-state index is -0.471. The van der Waals surface area contributed by atoms with Crippen LogP contribution in [0.25, 0.3) is 0 Å². The van der Waals surface area contributed by atoms with E-state index in [0.717, 1.165) is 16.8 Å². The monoisotopic (exact) mass is 314 g/mol. The van der Waals surface area contributed by atoms with Gasteiger partial charge in [0, 0.05) is 17.8 Å². The van der Waals surface area contributed by atoms with Crippen LogP contribution in [-0.4, -0.2) is 17.4 Å². The smallest absolute Gasteiger partial charge is 0.269 e. The second kappa shape index (κ2) is 7.40. The minimum Gasteiger partial charge on any atom is -0.493 e. The number of carbonyl (C=O) groups is 1. The molecule has 23 heavy (non-hydrogen) atoms. The summed E-state index contributed by atoms with van der Waals surface area (Å²) in [6.45, 7) is 4.10. The van der Waals surface area contributed by atoms with Crippen LogP contribution in [0.1, 0.15) is 17.5 Å². The average Bonchev–Trinajstić information content (AvgIpc) is 2.51. The summed E-state index contributed by atoms with van der Waals surface area (Å²) >= 11 is 0. The van der Waals surface area contributed by atoms with E-state index in [4.69, 9.17) is 4.74 Å². The molecule has 2 aromatic carbocycles. The Morgan fingerprint density at radius 2 is 1.87 bits per heavy atom. The molecule has 0 fully saturated rings. The van der Waals surface area contributed by atoms with Gasteiger partial charge in [0.1, 0.15) is 5.75 Å². The Bertz CT molecular complexity index is 711. The zero-order chi connectivity index (χ0) is 16.8. The summed E-state index contributed by atoms with van der Waals surface area (Å²) < 4.78 is 5.42. The number of hydrogen-bond donors (Lipinski definition) is 1. The normalized spacial score (nSPS) is 10.2. The number of hydrogen-bond acceptors (Lipinski definition) is 4. The molecule has 1 amide bonds. The third-order valence-electron chi connectivity index (χ3n) is 3.31. The number of benzene rings is 2. The van der Waals surface area contributed by atoms with Gasteiger partial charge in [-0.15, -0.1) is 0 Å². The van der Waals surface area contributed by atoms with Crippen LogP contribution in [0, 0.1) is 24.0 Å². The molecule has 0 aromatic heterocycles. The Kier molecular flexibility index (Phi) is 5.30. The first-order valence-electron chi connectivity index (χ1n) is 7.20. The fourth-order valence-electron chi connectivity index (χ4n) is 2.01. The molecule has 0 spiro atoms. The van der Waals surface area contributed by atoms with Gasteiger partial charge in [0.15, 0.2) is 0 Å². The number of nitrogens with zero attached hydrogens (tertiary/aromatic N) is 1. The predicted octanol–water partition coefficient (Wildman–Crippen LogP) is 3.62. The summed E-state index contributed by atoms with van der Waals surface area (Å²) in [7, 11) is 0. The molecular weight excluding hydrogens is 296 g/mol. The van der Waals surface area contributed by atoms with Gasteiger partial charge in [-0.25, -0.2) is 0 Å². The molecule has 0 atom stereocenters. The van der Waals surface area contributed by atoms with Crippen molar-refractivity contribution in [3.05, 3.63) is 63.7 Å². The van der Waals surface area contributed by atoms with Crippen LogP contribution in [-0.2, 0) is 4.79 Å². The van der Waals surface area contributed by atoms with Gasteiger partial charge in [-0.3, -0.25) is 14.9 Å². The largest absolute Gasteiger partial charge is 0.493 e. The van der Waals surface area contributed by atoms with E-state index in [1.165, 1.54) is 24.3 Å². The average molecular weight is 314 g/mol. The highest BCUT2D eigenvalue weighted by molar-refractivity contribution is 5.91. The fourth-order valence-corrected chi connectivity index (χ4v) is 2.01. The van der Waals surface area contributed by atoms with Crippen molar-refractivity contribution in [2.45, 2.75) is 20.3 Å². The Hall–Kier alpha value is -2.89. The van der Waals surface area contributed by atoms with Crippen molar-refractivity contribution in [2.24, 2.45) is 0 Å².